The van der Waals surface area contributed by atoms with Crippen molar-refractivity contribution in [1.29, 1.82) is 0 Å². The molecule has 0 aliphatic heterocycles. The summed E-state index contributed by atoms with van der Waals surface area (Å²) in [6.45, 7) is 6.33. The molecule has 25 heavy (non-hydrogen) atoms. The smallest absolute Gasteiger partial charge is 0.339 e. The van der Waals surface area contributed by atoms with Crippen LogP contribution in [0.5, 0.6) is 0 Å². The van der Waals surface area contributed by atoms with Gasteiger partial charge in [0.15, 0.2) is 5.60 Å². The summed E-state index contributed by atoms with van der Waals surface area (Å²) in [6, 6.07) is 0. The molecule has 0 fully saturated rings. The molecular weight excluding hydrogens is 324 g/mol. The topological polar surface area (TPSA) is 89.9 Å². The van der Waals surface area contributed by atoms with E-state index in [2.05, 4.69) is 0 Å². The SMILES string of the molecule is CCCCCC(=O)CC(O)(CC(=O)OCCCC)C(=O)OCCCC. The van der Waals surface area contributed by atoms with E-state index >= 15 is 0 Å². The molecule has 0 aliphatic carbocycles. The maximum atomic E-state index is 12.2. The Hall–Kier alpha value is -1.43. The van der Waals surface area contributed by atoms with Crippen LogP contribution < -0.4 is 0 Å². The van der Waals surface area contributed by atoms with Gasteiger partial charge in [0.05, 0.1) is 19.6 Å². The highest BCUT2D eigenvalue weighted by Crippen LogP contribution is 2.21. The standard InChI is InChI=1S/C19H34O6/c1-4-7-10-11-16(20)14-19(23,18(22)25-13-9-6-3)15-17(21)24-12-8-5-2/h23H,4-15H2,1-3H3. The number of carbonyl (C=O) groups is 3. The highest BCUT2D eigenvalue weighted by atomic mass is 16.6. The number of ether oxygens (including phenoxy) is 2. The summed E-state index contributed by atoms with van der Waals surface area (Å²) < 4.78 is 10.1. The van der Waals surface area contributed by atoms with Gasteiger partial charge in [-0.2, -0.15) is 0 Å². The molecule has 1 atom stereocenters. The largest absolute Gasteiger partial charge is 0.466 e. The van der Waals surface area contributed by atoms with E-state index in [4.69, 9.17) is 9.47 Å². The Kier molecular flexibility index (Phi) is 13.0. The van der Waals surface area contributed by atoms with Crippen molar-refractivity contribution in [3.05, 3.63) is 0 Å². The molecule has 0 radical (unpaired) electrons. The van der Waals surface area contributed by atoms with Crippen molar-refractivity contribution < 1.29 is 29.0 Å². The molecule has 6 heteroatoms. The van der Waals surface area contributed by atoms with Crippen molar-refractivity contribution in [2.75, 3.05) is 13.2 Å². The monoisotopic (exact) mass is 358 g/mol. The van der Waals surface area contributed by atoms with Crippen LogP contribution in [0.1, 0.15) is 85.0 Å². The van der Waals surface area contributed by atoms with E-state index in [0.717, 1.165) is 25.7 Å². The lowest BCUT2D eigenvalue weighted by molar-refractivity contribution is -0.174. The summed E-state index contributed by atoms with van der Waals surface area (Å²) in [7, 11) is 0. The Morgan fingerprint density at radius 2 is 1.36 bits per heavy atom. The number of hydrogen-bond donors (Lipinski definition) is 1. The minimum Gasteiger partial charge on any atom is -0.466 e. The summed E-state index contributed by atoms with van der Waals surface area (Å²) in [5.74, 6) is -1.85. The molecule has 0 heterocycles. The number of rotatable bonds is 15. The average Bonchev–Trinajstić information content (AvgIpc) is 2.55. The van der Waals surface area contributed by atoms with Crippen LogP contribution in [0, 0.1) is 0 Å². The zero-order chi connectivity index (χ0) is 19.1. The number of esters is 2. The van der Waals surface area contributed by atoms with E-state index in [-0.39, 0.29) is 25.4 Å². The summed E-state index contributed by atoms with van der Waals surface area (Å²) in [4.78, 5) is 36.2. The van der Waals surface area contributed by atoms with Gasteiger partial charge in [-0.25, -0.2) is 4.79 Å². The van der Waals surface area contributed by atoms with Gasteiger partial charge in [0.25, 0.3) is 0 Å². The number of Topliss-reactive ketones (excluding diaryl/α,β-unsaturated/α-hetero) is 1. The third-order valence-corrected chi connectivity index (χ3v) is 3.86. The van der Waals surface area contributed by atoms with E-state index < -0.39 is 30.4 Å². The highest BCUT2D eigenvalue weighted by Gasteiger charge is 2.42. The Morgan fingerprint density at radius 1 is 0.800 bits per heavy atom. The van der Waals surface area contributed by atoms with Crippen molar-refractivity contribution in [1.82, 2.24) is 0 Å². The zero-order valence-corrected chi connectivity index (χ0v) is 16.0. The molecule has 0 spiro atoms. The first-order valence-corrected chi connectivity index (χ1v) is 9.46. The van der Waals surface area contributed by atoms with Crippen LogP contribution in [0.25, 0.3) is 0 Å². The van der Waals surface area contributed by atoms with Crippen LogP contribution in [0.4, 0.5) is 0 Å². The fraction of sp³-hybridized carbons (Fsp3) is 0.842. The van der Waals surface area contributed by atoms with E-state index in [1.165, 1.54) is 0 Å². The van der Waals surface area contributed by atoms with Gasteiger partial charge in [-0.3, -0.25) is 9.59 Å². The number of hydrogen-bond acceptors (Lipinski definition) is 6. The summed E-state index contributed by atoms with van der Waals surface area (Å²) >= 11 is 0. The summed E-state index contributed by atoms with van der Waals surface area (Å²) in [5.41, 5.74) is -2.14. The van der Waals surface area contributed by atoms with Crippen LogP contribution >= 0.6 is 0 Å². The minimum atomic E-state index is -2.14. The van der Waals surface area contributed by atoms with E-state index in [1.807, 2.05) is 20.8 Å². The van der Waals surface area contributed by atoms with Crippen LogP contribution in [-0.4, -0.2) is 41.6 Å². The van der Waals surface area contributed by atoms with Crippen LogP contribution in [-0.2, 0) is 23.9 Å². The molecular formula is C19H34O6. The molecule has 0 bridgehead atoms. The number of unbranched alkanes of at least 4 members (excludes halogenated alkanes) is 4. The minimum absolute atomic E-state index is 0.159. The second kappa shape index (κ2) is 13.8. The van der Waals surface area contributed by atoms with Crippen molar-refractivity contribution in [2.24, 2.45) is 0 Å². The second-order valence-corrected chi connectivity index (χ2v) is 6.44. The van der Waals surface area contributed by atoms with Crippen LogP contribution in [0.15, 0.2) is 0 Å². The second-order valence-electron chi connectivity index (χ2n) is 6.44. The molecule has 0 aliphatic rings. The quantitative estimate of drug-likeness (QED) is 0.357. The summed E-state index contributed by atoms with van der Waals surface area (Å²) in [6.07, 6.45) is 4.97. The van der Waals surface area contributed by atoms with Gasteiger partial charge in [-0.05, 0) is 19.3 Å². The maximum absolute atomic E-state index is 12.2. The molecule has 0 amide bonds. The van der Waals surface area contributed by atoms with Crippen LogP contribution in [0.2, 0.25) is 0 Å². The fourth-order valence-corrected chi connectivity index (χ4v) is 2.26. The first-order valence-electron chi connectivity index (χ1n) is 9.46. The predicted molar refractivity (Wildman–Crippen MR) is 95.1 cm³/mol. The van der Waals surface area contributed by atoms with Gasteiger partial charge in [-0.15, -0.1) is 0 Å². The highest BCUT2D eigenvalue weighted by molar-refractivity contribution is 5.92. The van der Waals surface area contributed by atoms with E-state index in [9.17, 15) is 19.5 Å². The number of ketones is 1. The lowest BCUT2D eigenvalue weighted by Gasteiger charge is -2.24. The van der Waals surface area contributed by atoms with Gasteiger partial charge < -0.3 is 14.6 Å². The first kappa shape index (κ1) is 23.6. The molecule has 1 N–H and O–H groups in total. The Morgan fingerprint density at radius 3 is 1.92 bits per heavy atom. The number of aliphatic hydroxyl groups is 1. The van der Waals surface area contributed by atoms with E-state index in [0.29, 0.717) is 19.3 Å². The Balaban J connectivity index is 4.80. The maximum Gasteiger partial charge on any atom is 0.339 e. The van der Waals surface area contributed by atoms with Crippen LogP contribution in [0.3, 0.4) is 0 Å². The van der Waals surface area contributed by atoms with Gasteiger partial charge in [0, 0.05) is 12.8 Å². The Bertz CT molecular complexity index is 381. The molecule has 1 unspecified atom stereocenters. The van der Waals surface area contributed by atoms with Gasteiger partial charge in [0.2, 0.25) is 0 Å². The van der Waals surface area contributed by atoms with Crippen molar-refractivity contribution in [3.8, 4) is 0 Å². The molecule has 0 aromatic rings. The molecule has 6 nitrogen and oxygen atoms in total. The van der Waals surface area contributed by atoms with Crippen molar-refractivity contribution in [3.63, 3.8) is 0 Å². The van der Waals surface area contributed by atoms with Crippen molar-refractivity contribution >= 4 is 17.7 Å². The van der Waals surface area contributed by atoms with Gasteiger partial charge in [-0.1, -0.05) is 46.5 Å². The molecule has 0 saturated heterocycles. The molecule has 0 aromatic carbocycles. The molecule has 0 aromatic heterocycles. The summed E-state index contributed by atoms with van der Waals surface area (Å²) in [5, 5.41) is 10.6. The third kappa shape index (κ3) is 10.9. The first-order chi connectivity index (χ1) is 11.9. The van der Waals surface area contributed by atoms with Gasteiger partial charge in [0.1, 0.15) is 5.78 Å². The normalized spacial score (nSPS) is 13.1. The van der Waals surface area contributed by atoms with Gasteiger partial charge >= 0.3 is 11.9 Å². The lowest BCUT2D eigenvalue weighted by atomic mass is 9.91. The van der Waals surface area contributed by atoms with E-state index in [1.54, 1.807) is 0 Å². The fourth-order valence-electron chi connectivity index (χ4n) is 2.26. The third-order valence-electron chi connectivity index (χ3n) is 3.86. The lowest BCUT2D eigenvalue weighted by Crippen LogP contribution is -2.44. The molecule has 146 valence electrons. The number of carbonyl (C=O) groups excluding carboxylic acids is 3. The molecule has 0 rings (SSSR count). The average molecular weight is 358 g/mol. The Labute approximate surface area is 151 Å². The predicted octanol–water partition coefficient (Wildman–Crippen LogP) is 3.33. The molecule has 0 saturated carbocycles. The van der Waals surface area contributed by atoms with Crippen molar-refractivity contribution in [2.45, 2.75) is 90.6 Å². The zero-order valence-electron chi connectivity index (χ0n) is 16.0.